The number of aromatic hydroxyl groups is 1. The molecule has 0 unspecified atom stereocenters. The molecule has 23 heavy (non-hydrogen) atoms. The Morgan fingerprint density at radius 1 is 1.04 bits per heavy atom. The Bertz CT molecular complexity index is 870. The zero-order chi connectivity index (χ0) is 16.4. The van der Waals surface area contributed by atoms with Gasteiger partial charge in [0.1, 0.15) is 11.5 Å². The van der Waals surface area contributed by atoms with Gasteiger partial charge in [0, 0.05) is 23.5 Å². The van der Waals surface area contributed by atoms with Crippen molar-refractivity contribution in [3.8, 4) is 28.5 Å². The average molecular weight is 312 g/mol. The van der Waals surface area contributed by atoms with Crippen molar-refractivity contribution >= 4 is 11.6 Å². The largest absolute Gasteiger partial charge is 0.507 e. The topological polar surface area (TPSA) is 107 Å². The lowest BCUT2D eigenvalue weighted by Gasteiger charge is -2.10. The fourth-order valence-electron chi connectivity index (χ4n) is 2.03. The summed E-state index contributed by atoms with van der Waals surface area (Å²) in [4.78, 5) is 7.84. The molecule has 1 aromatic heterocycles. The third kappa shape index (κ3) is 3.13. The fourth-order valence-corrected chi connectivity index (χ4v) is 2.03. The Balaban J connectivity index is 1.97. The molecule has 0 saturated heterocycles. The zero-order valence-corrected chi connectivity index (χ0v) is 11.9. The molecule has 0 bridgehead atoms. The Morgan fingerprint density at radius 3 is 2.61 bits per heavy atom. The van der Waals surface area contributed by atoms with Gasteiger partial charge in [0.15, 0.2) is 11.6 Å². The van der Waals surface area contributed by atoms with Crippen LogP contribution in [-0.4, -0.2) is 15.1 Å². The van der Waals surface area contributed by atoms with Gasteiger partial charge < -0.3 is 21.3 Å². The summed E-state index contributed by atoms with van der Waals surface area (Å²) in [6.07, 6.45) is 1.48. The number of benzene rings is 2. The highest BCUT2D eigenvalue weighted by Crippen LogP contribution is 2.34. The van der Waals surface area contributed by atoms with Crippen LogP contribution in [0.2, 0.25) is 0 Å². The second kappa shape index (κ2) is 5.80. The number of aromatic nitrogens is 2. The predicted octanol–water partition coefficient (Wildman–Crippen LogP) is 2.95. The van der Waals surface area contributed by atoms with Crippen LogP contribution >= 0.6 is 0 Å². The van der Waals surface area contributed by atoms with Crippen LogP contribution in [0.5, 0.6) is 17.2 Å². The van der Waals surface area contributed by atoms with Crippen LogP contribution in [-0.2, 0) is 0 Å². The third-order valence-corrected chi connectivity index (χ3v) is 3.10. The molecule has 0 fully saturated rings. The Hall–Kier alpha value is -3.35. The van der Waals surface area contributed by atoms with Crippen LogP contribution in [0.3, 0.4) is 0 Å². The number of anilines is 2. The third-order valence-electron chi connectivity index (χ3n) is 3.10. The summed E-state index contributed by atoms with van der Waals surface area (Å²) in [6.45, 7) is 0. The van der Waals surface area contributed by atoms with E-state index in [2.05, 4.69) is 9.97 Å². The number of phenols is 1. The molecule has 0 radical (unpaired) electrons. The Labute approximate surface area is 131 Å². The maximum Gasteiger partial charge on any atom is 0.220 e. The molecule has 0 aliphatic rings. The standard InChI is InChI=1S/C16H13FN4O2/c17-12-7-9(18)1-4-15(12)23-10-2-3-14(22)11(8-10)13-5-6-20-16(19)21-13/h1-8,22H,18H2,(H2,19,20,21). The van der Waals surface area contributed by atoms with Crippen molar-refractivity contribution in [3.05, 3.63) is 54.5 Å². The lowest BCUT2D eigenvalue weighted by molar-refractivity contribution is 0.439. The van der Waals surface area contributed by atoms with E-state index >= 15 is 0 Å². The van der Waals surface area contributed by atoms with Gasteiger partial charge in [-0.2, -0.15) is 0 Å². The molecule has 7 heteroatoms. The molecule has 116 valence electrons. The van der Waals surface area contributed by atoms with Crippen LogP contribution in [0.15, 0.2) is 48.7 Å². The van der Waals surface area contributed by atoms with E-state index in [0.29, 0.717) is 22.7 Å². The van der Waals surface area contributed by atoms with Gasteiger partial charge in [0.25, 0.3) is 0 Å². The lowest BCUT2D eigenvalue weighted by atomic mass is 10.1. The highest BCUT2D eigenvalue weighted by Gasteiger charge is 2.11. The molecule has 3 aromatic rings. The van der Waals surface area contributed by atoms with Crippen molar-refractivity contribution in [2.24, 2.45) is 0 Å². The van der Waals surface area contributed by atoms with Gasteiger partial charge in [0.2, 0.25) is 5.95 Å². The summed E-state index contributed by atoms with van der Waals surface area (Å²) in [5.41, 5.74) is 12.2. The molecule has 0 atom stereocenters. The van der Waals surface area contributed by atoms with Crippen molar-refractivity contribution < 1.29 is 14.2 Å². The van der Waals surface area contributed by atoms with Crippen LogP contribution in [0.1, 0.15) is 0 Å². The number of ether oxygens (including phenoxy) is 1. The summed E-state index contributed by atoms with van der Waals surface area (Å²) >= 11 is 0. The molecule has 6 nitrogen and oxygen atoms in total. The van der Waals surface area contributed by atoms with E-state index < -0.39 is 5.82 Å². The van der Waals surface area contributed by atoms with E-state index in [1.165, 1.54) is 42.6 Å². The average Bonchev–Trinajstić information content (AvgIpc) is 2.52. The number of phenolic OH excluding ortho intramolecular Hbond substituents is 1. The monoisotopic (exact) mass is 312 g/mol. The van der Waals surface area contributed by atoms with E-state index in [1.807, 2.05) is 0 Å². The maximum absolute atomic E-state index is 13.8. The fraction of sp³-hybridized carbons (Fsp3) is 0. The number of nitrogens with zero attached hydrogens (tertiary/aromatic N) is 2. The van der Waals surface area contributed by atoms with Crippen molar-refractivity contribution in [2.45, 2.75) is 0 Å². The second-order valence-electron chi connectivity index (χ2n) is 4.77. The van der Waals surface area contributed by atoms with Crippen LogP contribution in [0.4, 0.5) is 16.0 Å². The van der Waals surface area contributed by atoms with Crippen LogP contribution in [0.25, 0.3) is 11.3 Å². The molecule has 1 heterocycles. The molecule has 5 N–H and O–H groups in total. The lowest BCUT2D eigenvalue weighted by Crippen LogP contribution is -1.96. The molecule has 0 amide bonds. The summed E-state index contributed by atoms with van der Waals surface area (Å²) in [7, 11) is 0. The van der Waals surface area contributed by atoms with E-state index in [9.17, 15) is 9.50 Å². The van der Waals surface area contributed by atoms with Gasteiger partial charge in [-0.3, -0.25) is 0 Å². The highest BCUT2D eigenvalue weighted by molar-refractivity contribution is 5.69. The molecular formula is C16H13FN4O2. The smallest absolute Gasteiger partial charge is 0.220 e. The second-order valence-corrected chi connectivity index (χ2v) is 4.77. The minimum absolute atomic E-state index is 0.00627. The van der Waals surface area contributed by atoms with E-state index in [0.717, 1.165) is 0 Å². The zero-order valence-electron chi connectivity index (χ0n) is 11.9. The van der Waals surface area contributed by atoms with Crippen molar-refractivity contribution in [3.63, 3.8) is 0 Å². The summed E-state index contributed by atoms with van der Waals surface area (Å²) in [5.74, 6) is -0.145. The SMILES string of the molecule is Nc1ccc(Oc2ccc(O)c(-c3ccnc(N)n3)c2)c(F)c1. The molecule has 0 saturated carbocycles. The van der Waals surface area contributed by atoms with Crippen LogP contribution in [0, 0.1) is 5.82 Å². The summed E-state index contributed by atoms with van der Waals surface area (Å²) < 4.78 is 19.3. The quantitative estimate of drug-likeness (QED) is 0.642. The van der Waals surface area contributed by atoms with Gasteiger partial charge in [-0.1, -0.05) is 0 Å². The molecule has 2 aromatic carbocycles. The van der Waals surface area contributed by atoms with Gasteiger partial charge in [-0.25, -0.2) is 14.4 Å². The van der Waals surface area contributed by atoms with E-state index in [1.54, 1.807) is 6.07 Å². The van der Waals surface area contributed by atoms with Crippen molar-refractivity contribution in [1.82, 2.24) is 9.97 Å². The Morgan fingerprint density at radius 2 is 1.87 bits per heavy atom. The molecular weight excluding hydrogens is 299 g/mol. The number of nitrogens with two attached hydrogens (primary N) is 2. The molecule has 0 aliphatic carbocycles. The number of nitrogen functional groups attached to an aromatic ring is 2. The first-order valence-electron chi connectivity index (χ1n) is 6.68. The van der Waals surface area contributed by atoms with Crippen LogP contribution < -0.4 is 16.2 Å². The summed E-state index contributed by atoms with van der Waals surface area (Å²) in [5, 5.41) is 9.99. The highest BCUT2D eigenvalue weighted by atomic mass is 19.1. The minimum atomic E-state index is -0.578. The normalized spacial score (nSPS) is 10.5. The molecule has 0 aliphatic heterocycles. The first-order chi connectivity index (χ1) is 11.0. The minimum Gasteiger partial charge on any atom is -0.507 e. The van der Waals surface area contributed by atoms with Gasteiger partial charge >= 0.3 is 0 Å². The molecule has 0 spiro atoms. The maximum atomic E-state index is 13.8. The van der Waals surface area contributed by atoms with Crippen molar-refractivity contribution in [1.29, 1.82) is 0 Å². The molecule has 3 rings (SSSR count). The van der Waals surface area contributed by atoms with Gasteiger partial charge in [-0.05, 0) is 36.4 Å². The number of halogens is 1. The van der Waals surface area contributed by atoms with E-state index in [-0.39, 0.29) is 17.4 Å². The van der Waals surface area contributed by atoms with Crippen molar-refractivity contribution in [2.75, 3.05) is 11.5 Å². The van der Waals surface area contributed by atoms with E-state index in [4.69, 9.17) is 16.2 Å². The van der Waals surface area contributed by atoms with Gasteiger partial charge in [0.05, 0.1) is 5.69 Å². The Kier molecular flexibility index (Phi) is 3.68. The number of hydrogen-bond acceptors (Lipinski definition) is 6. The predicted molar refractivity (Wildman–Crippen MR) is 84.4 cm³/mol. The summed E-state index contributed by atoms with van der Waals surface area (Å²) in [6, 6.07) is 10.2. The number of rotatable bonds is 3. The first kappa shape index (κ1) is 14.6. The first-order valence-corrected chi connectivity index (χ1v) is 6.68. The van der Waals surface area contributed by atoms with Gasteiger partial charge in [-0.15, -0.1) is 0 Å². The number of hydrogen-bond donors (Lipinski definition) is 3.